The van der Waals surface area contributed by atoms with Crippen LogP contribution in [0.1, 0.15) is 17.2 Å². The molecule has 0 saturated carbocycles. The lowest BCUT2D eigenvalue weighted by atomic mass is 9.95. The quantitative estimate of drug-likeness (QED) is 0.407. The summed E-state index contributed by atoms with van der Waals surface area (Å²) in [7, 11) is 0. The van der Waals surface area contributed by atoms with Gasteiger partial charge in [-0.05, 0) is 57.3 Å². The summed E-state index contributed by atoms with van der Waals surface area (Å²) < 4.78 is 14.1. The Morgan fingerprint density at radius 1 is 1.14 bits per heavy atom. The van der Waals surface area contributed by atoms with Crippen molar-refractivity contribution in [1.29, 1.82) is 0 Å². The lowest BCUT2D eigenvalue weighted by molar-refractivity contribution is 0.614. The largest absolute Gasteiger partial charge is 0.271 e. The van der Waals surface area contributed by atoms with Gasteiger partial charge in [0.2, 0.25) is 0 Å². The number of pyridine rings is 1. The Balaban J connectivity index is 2.18. The van der Waals surface area contributed by atoms with Crippen molar-refractivity contribution in [2.45, 2.75) is 6.04 Å². The van der Waals surface area contributed by atoms with Crippen molar-refractivity contribution in [3.8, 4) is 0 Å². The fourth-order valence-electron chi connectivity index (χ4n) is 2.47. The number of benzene rings is 2. The molecule has 106 valence electrons. The van der Waals surface area contributed by atoms with E-state index in [1.54, 1.807) is 12.3 Å². The molecule has 0 saturated heterocycles. The standard InChI is InChI=1S/C16H13FIN3/c17-11-4-5-13(15(18)8-11)16(21-19)12-3-1-2-10-6-7-20-9-14(10)12/h1-9,16,21H,19H2. The van der Waals surface area contributed by atoms with E-state index in [1.165, 1.54) is 12.1 Å². The van der Waals surface area contributed by atoms with Gasteiger partial charge in [0.1, 0.15) is 5.82 Å². The van der Waals surface area contributed by atoms with Gasteiger partial charge < -0.3 is 0 Å². The van der Waals surface area contributed by atoms with Crippen molar-refractivity contribution < 1.29 is 4.39 Å². The highest BCUT2D eigenvalue weighted by atomic mass is 127. The molecule has 3 rings (SSSR count). The van der Waals surface area contributed by atoms with Crippen LogP contribution in [0.25, 0.3) is 10.8 Å². The van der Waals surface area contributed by atoms with Gasteiger partial charge in [-0.1, -0.05) is 24.3 Å². The van der Waals surface area contributed by atoms with Crippen molar-refractivity contribution in [2.24, 2.45) is 5.84 Å². The number of nitrogens with two attached hydrogens (primary N) is 1. The van der Waals surface area contributed by atoms with Crippen LogP contribution in [0.2, 0.25) is 0 Å². The monoisotopic (exact) mass is 393 g/mol. The van der Waals surface area contributed by atoms with Crippen molar-refractivity contribution in [1.82, 2.24) is 10.4 Å². The second-order valence-electron chi connectivity index (χ2n) is 4.71. The summed E-state index contributed by atoms with van der Waals surface area (Å²) in [6.45, 7) is 0. The van der Waals surface area contributed by atoms with Gasteiger partial charge >= 0.3 is 0 Å². The molecular formula is C16H13FIN3. The number of hydrazine groups is 1. The highest BCUT2D eigenvalue weighted by molar-refractivity contribution is 14.1. The summed E-state index contributed by atoms with van der Waals surface area (Å²) in [4.78, 5) is 4.19. The molecule has 1 atom stereocenters. The molecule has 1 aromatic heterocycles. The van der Waals surface area contributed by atoms with E-state index >= 15 is 0 Å². The molecule has 3 N–H and O–H groups in total. The highest BCUT2D eigenvalue weighted by Gasteiger charge is 2.18. The van der Waals surface area contributed by atoms with Crippen molar-refractivity contribution >= 4 is 33.4 Å². The number of hydrogen-bond acceptors (Lipinski definition) is 3. The molecule has 0 radical (unpaired) electrons. The third-order valence-electron chi connectivity index (χ3n) is 3.47. The van der Waals surface area contributed by atoms with E-state index in [0.29, 0.717) is 0 Å². The number of hydrogen-bond donors (Lipinski definition) is 2. The van der Waals surface area contributed by atoms with Gasteiger partial charge in [-0.3, -0.25) is 10.8 Å². The number of aromatic nitrogens is 1. The Morgan fingerprint density at radius 3 is 2.76 bits per heavy atom. The third kappa shape index (κ3) is 2.76. The smallest absolute Gasteiger partial charge is 0.124 e. The van der Waals surface area contributed by atoms with E-state index in [-0.39, 0.29) is 11.9 Å². The lowest BCUT2D eigenvalue weighted by Gasteiger charge is -2.20. The first kappa shape index (κ1) is 14.4. The van der Waals surface area contributed by atoms with E-state index < -0.39 is 0 Å². The summed E-state index contributed by atoms with van der Waals surface area (Å²) in [6, 6.07) is 12.5. The molecule has 0 aliphatic heterocycles. The fraction of sp³-hybridized carbons (Fsp3) is 0.0625. The van der Waals surface area contributed by atoms with Gasteiger partial charge in [0.25, 0.3) is 0 Å². The minimum Gasteiger partial charge on any atom is -0.271 e. The first-order chi connectivity index (χ1) is 10.2. The van der Waals surface area contributed by atoms with Crippen LogP contribution in [0.5, 0.6) is 0 Å². The van der Waals surface area contributed by atoms with Crippen LogP contribution in [0.4, 0.5) is 4.39 Å². The molecule has 5 heteroatoms. The van der Waals surface area contributed by atoms with Crippen LogP contribution in [0.3, 0.4) is 0 Å². The van der Waals surface area contributed by atoms with Crippen molar-refractivity contribution in [3.63, 3.8) is 0 Å². The minimum atomic E-state index is -0.251. The second kappa shape index (κ2) is 6.05. The van der Waals surface area contributed by atoms with Crippen molar-refractivity contribution in [3.05, 3.63) is 75.4 Å². The van der Waals surface area contributed by atoms with Gasteiger partial charge in [0, 0.05) is 21.4 Å². The molecule has 2 aromatic carbocycles. The molecule has 3 aromatic rings. The Kier molecular flexibility index (Phi) is 4.14. The molecule has 0 aliphatic carbocycles. The Hall–Kier alpha value is -1.57. The summed E-state index contributed by atoms with van der Waals surface area (Å²) >= 11 is 2.12. The van der Waals surface area contributed by atoms with Crippen LogP contribution in [0, 0.1) is 9.39 Å². The van der Waals surface area contributed by atoms with Crippen LogP contribution in [-0.2, 0) is 0 Å². The molecule has 0 aliphatic rings. The zero-order chi connectivity index (χ0) is 14.8. The van der Waals surface area contributed by atoms with Crippen LogP contribution in [-0.4, -0.2) is 4.98 Å². The molecular weight excluding hydrogens is 380 g/mol. The van der Waals surface area contributed by atoms with E-state index in [0.717, 1.165) is 25.5 Å². The normalized spacial score (nSPS) is 12.5. The molecule has 3 nitrogen and oxygen atoms in total. The maximum Gasteiger partial charge on any atom is 0.124 e. The highest BCUT2D eigenvalue weighted by Crippen LogP contribution is 2.30. The molecule has 0 amide bonds. The number of nitrogens with one attached hydrogen (secondary N) is 1. The number of nitrogens with zero attached hydrogens (tertiary/aromatic N) is 1. The summed E-state index contributed by atoms with van der Waals surface area (Å²) in [5, 5.41) is 2.13. The molecule has 0 bridgehead atoms. The van der Waals surface area contributed by atoms with Crippen LogP contribution >= 0.6 is 22.6 Å². The minimum absolute atomic E-state index is 0.217. The molecule has 1 heterocycles. The number of rotatable bonds is 3. The van der Waals surface area contributed by atoms with Gasteiger partial charge in [0.15, 0.2) is 0 Å². The van der Waals surface area contributed by atoms with E-state index in [9.17, 15) is 4.39 Å². The Labute approximate surface area is 135 Å². The average molecular weight is 393 g/mol. The second-order valence-corrected chi connectivity index (χ2v) is 5.87. The maximum atomic E-state index is 13.3. The van der Waals surface area contributed by atoms with E-state index in [2.05, 4.69) is 33.0 Å². The summed E-state index contributed by atoms with van der Waals surface area (Å²) in [6.07, 6.45) is 3.59. The van der Waals surface area contributed by atoms with Crippen LogP contribution in [0.15, 0.2) is 54.9 Å². The summed E-state index contributed by atoms with van der Waals surface area (Å²) in [5.41, 5.74) is 4.79. The van der Waals surface area contributed by atoms with Gasteiger partial charge in [-0.15, -0.1) is 0 Å². The first-order valence-corrected chi connectivity index (χ1v) is 7.52. The average Bonchev–Trinajstić information content (AvgIpc) is 2.50. The zero-order valence-corrected chi connectivity index (χ0v) is 13.2. The third-order valence-corrected chi connectivity index (χ3v) is 4.40. The molecule has 21 heavy (non-hydrogen) atoms. The van der Waals surface area contributed by atoms with Gasteiger partial charge in [-0.2, -0.15) is 0 Å². The first-order valence-electron chi connectivity index (χ1n) is 6.44. The van der Waals surface area contributed by atoms with E-state index in [1.807, 2.05) is 30.5 Å². The Bertz CT molecular complexity index is 786. The Morgan fingerprint density at radius 2 is 2.00 bits per heavy atom. The zero-order valence-electron chi connectivity index (χ0n) is 11.1. The number of fused-ring (bicyclic) bond motifs is 1. The SMILES string of the molecule is NNC(c1ccc(F)cc1I)c1cccc2ccncc12. The summed E-state index contributed by atoms with van der Waals surface area (Å²) in [5.74, 6) is 5.52. The molecule has 1 unspecified atom stereocenters. The van der Waals surface area contributed by atoms with Crippen LogP contribution < -0.4 is 11.3 Å². The lowest BCUT2D eigenvalue weighted by Crippen LogP contribution is -2.29. The van der Waals surface area contributed by atoms with E-state index in [4.69, 9.17) is 5.84 Å². The molecule has 0 fully saturated rings. The van der Waals surface area contributed by atoms with Gasteiger partial charge in [0.05, 0.1) is 6.04 Å². The number of halogens is 2. The predicted octanol–water partition coefficient (Wildman–Crippen LogP) is 3.53. The topological polar surface area (TPSA) is 50.9 Å². The fourth-order valence-corrected chi connectivity index (χ4v) is 3.26. The molecule has 0 spiro atoms. The van der Waals surface area contributed by atoms with Gasteiger partial charge in [-0.25, -0.2) is 9.82 Å². The maximum absolute atomic E-state index is 13.3. The predicted molar refractivity (Wildman–Crippen MR) is 90.0 cm³/mol. The van der Waals surface area contributed by atoms with Crippen molar-refractivity contribution in [2.75, 3.05) is 0 Å².